The molecule has 16 heavy (non-hydrogen) atoms. The maximum absolute atomic E-state index is 4.15. The second-order valence-electron chi connectivity index (χ2n) is 4.61. The maximum Gasteiger partial charge on any atom is 0.0300 e. The van der Waals surface area contributed by atoms with Gasteiger partial charge in [-0.1, -0.05) is 6.07 Å². The number of aromatic nitrogens is 1. The Labute approximate surface area is 98.1 Å². The lowest BCUT2D eigenvalue weighted by Gasteiger charge is -2.19. The van der Waals surface area contributed by atoms with Gasteiger partial charge < -0.3 is 9.80 Å². The molecule has 3 nitrogen and oxygen atoms in total. The molecule has 1 fully saturated rings. The molecule has 1 aromatic heterocycles. The zero-order valence-electron chi connectivity index (χ0n) is 10.1. The van der Waals surface area contributed by atoms with Crippen LogP contribution in [0.2, 0.25) is 0 Å². The topological polar surface area (TPSA) is 19.4 Å². The highest BCUT2D eigenvalue weighted by Gasteiger charge is 2.11. The van der Waals surface area contributed by atoms with Crippen molar-refractivity contribution in [2.75, 3.05) is 39.8 Å². The summed E-state index contributed by atoms with van der Waals surface area (Å²) in [6.07, 6.45) is 6.23. The Hall–Kier alpha value is -0.930. The number of hydrogen-bond donors (Lipinski definition) is 0. The summed E-state index contributed by atoms with van der Waals surface area (Å²) in [5, 5.41) is 0. The van der Waals surface area contributed by atoms with E-state index < -0.39 is 0 Å². The van der Waals surface area contributed by atoms with E-state index in [1.807, 2.05) is 18.5 Å². The quantitative estimate of drug-likeness (QED) is 0.763. The summed E-state index contributed by atoms with van der Waals surface area (Å²) >= 11 is 0. The molecule has 0 amide bonds. The first-order chi connectivity index (χ1) is 7.84. The Morgan fingerprint density at radius 3 is 3.00 bits per heavy atom. The molecule has 0 spiro atoms. The van der Waals surface area contributed by atoms with E-state index in [0.717, 1.165) is 6.42 Å². The maximum atomic E-state index is 4.15. The molecule has 0 aliphatic carbocycles. The van der Waals surface area contributed by atoms with Crippen LogP contribution >= 0.6 is 0 Å². The normalized spacial score (nSPS) is 19.6. The monoisotopic (exact) mass is 219 g/mol. The molecule has 0 atom stereocenters. The van der Waals surface area contributed by atoms with E-state index in [4.69, 9.17) is 0 Å². The molecule has 1 saturated heterocycles. The second kappa shape index (κ2) is 5.97. The zero-order chi connectivity index (χ0) is 11.2. The smallest absolute Gasteiger partial charge is 0.0300 e. The Morgan fingerprint density at radius 2 is 2.19 bits per heavy atom. The lowest BCUT2D eigenvalue weighted by molar-refractivity contribution is 0.279. The summed E-state index contributed by atoms with van der Waals surface area (Å²) in [6.45, 7) is 6.05. The fourth-order valence-corrected chi connectivity index (χ4v) is 2.16. The van der Waals surface area contributed by atoms with Crippen molar-refractivity contribution in [3.8, 4) is 0 Å². The molecule has 0 aromatic carbocycles. The van der Waals surface area contributed by atoms with E-state index in [1.165, 1.54) is 44.7 Å². The van der Waals surface area contributed by atoms with Crippen molar-refractivity contribution in [1.82, 2.24) is 14.8 Å². The van der Waals surface area contributed by atoms with Crippen LogP contribution in [-0.4, -0.2) is 54.6 Å². The van der Waals surface area contributed by atoms with Gasteiger partial charge in [-0.25, -0.2) is 0 Å². The molecular weight excluding hydrogens is 198 g/mol. The van der Waals surface area contributed by atoms with Crippen LogP contribution in [0.1, 0.15) is 12.0 Å². The lowest BCUT2D eigenvalue weighted by atomic mass is 10.2. The van der Waals surface area contributed by atoms with Crippen molar-refractivity contribution in [1.29, 1.82) is 0 Å². The van der Waals surface area contributed by atoms with Crippen LogP contribution in [0, 0.1) is 0 Å². The van der Waals surface area contributed by atoms with Gasteiger partial charge in [-0.2, -0.15) is 0 Å². The van der Waals surface area contributed by atoms with Crippen LogP contribution in [0.5, 0.6) is 0 Å². The number of likely N-dealkylation sites (N-methyl/N-ethyl adjacent to an activating group) is 1. The molecule has 0 bridgehead atoms. The van der Waals surface area contributed by atoms with Crippen molar-refractivity contribution in [3.63, 3.8) is 0 Å². The molecule has 3 heteroatoms. The van der Waals surface area contributed by atoms with E-state index in [0.29, 0.717) is 0 Å². The van der Waals surface area contributed by atoms with E-state index in [1.54, 1.807) is 0 Å². The highest BCUT2D eigenvalue weighted by Crippen LogP contribution is 2.04. The first-order valence-corrected chi connectivity index (χ1v) is 6.14. The molecular formula is C13H21N3. The number of hydrogen-bond acceptors (Lipinski definition) is 3. The highest BCUT2D eigenvalue weighted by molar-refractivity contribution is 5.08. The summed E-state index contributed by atoms with van der Waals surface area (Å²) in [6, 6.07) is 4.18. The highest BCUT2D eigenvalue weighted by atomic mass is 15.2. The third kappa shape index (κ3) is 3.58. The molecule has 1 aliphatic rings. The summed E-state index contributed by atoms with van der Waals surface area (Å²) in [4.78, 5) is 9.14. The molecule has 0 N–H and O–H groups in total. The van der Waals surface area contributed by atoms with E-state index in [9.17, 15) is 0 Å². The average molecular weight is 219 g/mol. The third-order valence-corrected chi connectivity index (χ3v) is 3.25. The third-order valence-electron chi connectivity index (χ3n) is 3.25. The summed E-state index contributed by atoms with van der Waals surface area (Å²) in [5.41, 5.74) is 1.35. The number of rotatable bonds is 3. The Bertz CT molecular complexity index is 299. The van der Waals surface area contributed by atoms with Crippen LogP contribution in [-0.2, 0) is 6.42 Å². The lowest BCUT2D eigenvalue weighted by Crippen LogP contribution is -2.30. The molecule has 88 valence electrons. The standard InChI is InChI=1S/C13H21N3/c1-15-7-3-8-16(11-10-15)9-5-13-4-2-6-14-12-13/h2,4,6,12H,3,5,7-11H2,1H3. The van der Waals surface area contributed by atoms with Crippen LogP contribution in [0.15, 0.2) is 24.5 Å². The fraction of sp³-hybridized carbons (Fsp3) is 0.615. The molecule has 1 aliphatic heterocycles. The second-order valence-corrected chi connectivity index (χ2v) is 4.61. The minimum atomic E-state index is 1.12. The van der Waals surface area contributed by atoms with Gasteiger partial charge in [-0.05, 0) is 44.6 Å². The predicted molar refractivity (Wildman–Crippen MR) is 66.5 cm³/mol. The predicted octanol–water partition coefficient (Wildman–Crippen LogP) is 1.26. The van der Waals surface area contributed by atoms with Gasteiger partial charge in [0.25, 0.3) is 0 Å². The molecule has 2 heterocycles. The van der Waals surface area contributed by atoms with Gasteiger partial charge >= 0.3 is 0 Å². The van der Waals surface area contributed by atoms with Crippen molar-refractivity contribution in [2.45, 2.75) is 12.8 Å². The van der Waals surface area contributed by atoms with Gasteiger partial charge in [0.2, 0.25) is 0 Å². The van der Waals surface area contributed by atoms with Crippen molar-refractivity contribution in [3.05, 3.63) is 30.1 Å². The van der Waals surface area contributed by atoms with E-state index in [2.05, 4.69) is 27.9 Å². The van der Waals surface area contributed by atoms with Crippen molar-refractivity contribution in [2.24, 2.45) is 0 Å². The van der Waals surface area contributed by atoms with Crippen molar-refractivity contribution < 1.29 is 0 Å². The first-order valence-electron chi connectivity index (χ1n) is 6.14. The van der Waals surface area contributed by atoms with Gasteiger partial charge in [0.15, 0.2) is 0 Å². The molecule has 1 aromatic rings. The Morgan fingerprint density at radius 1 is 1.25 bits per heavy atom. The van der Waals surface area contributed by atoms with Crippen LogP contribution in [0.4, 0.5) is 0 Å². The molecule has 0 saturated carbocycles. The van der Waals surface area contributed by atoms with Gasteiger partial charge in [-0.15, -0.1) is 0 Å². The minimum absolute atomic E-state index is 1.12. The van der Waals surface area contributed by atoms with Gasteiger partial charge in [-0.3, -0.25) is 4.98 Å². The van der Waals surface area contributed by atoms with Crippen LogP contribution in [0.25, 0.3) is 0 Å². The number of pyridine rings is 1. The van der Waals surface area contributed by atoms with Crippen molar-refractivity contribution >= 4 is 0 Å². The molecule has 2 rings (SSSR count). The largest absolute Gasteiger partial charge is 0.305 e. The van der Waals surface area contributed by atoms with E-state index >= 15 is 0 Å². The van der Waals surface area contributed by atoms with Gasteiger partial charge in [0.1, 0.15) is 0 Å². The Kier molecular flexibility index (Phi) is 4.31. The summed E-state index contributed by atoms with van der Waals surface area (Å²) in [5.74, 6) is 0. The minimum Gasteiger partial charge on any atom is -0.305 e. The van der Waals surface area contributed by atoms with Gasteiger partial charge in [0.05, 0.1) is 0 Å². The average Bonchev–Trinajstić information content (AvgIpc) is 2.53. The Balaban J connectivity index is 1.77. The fourth-order valence-electron chi connectivity index (χ4n) is 2.16. The summed E-state index contributed by atoms with van der Waals surface area (Å²) in [7, 11) is 2.21. The van der Waals surface area contributed by atoms with Crippen LogP contribution < -0.4 is 0 Å². The first kappa shape index (κ1) is 11.6. The van der Waals surface area contributed by atoms with E-state index in [-0.39, 0.29) is 0 Å². The van der Waals surface area contributed by atoms with Gasteiger partial charge in [0, 0.05) is 32.0 Å². The zero-order valence-corrected chi connectivity index (χ0v) is 10.1. The van der Waals surface area contributed by atoms with Crippen LogP contribution in [0.3, 0.4) is 0 Å². The molecule has 0 radical (unpaired) electrons. The SMILES string of the molecule is CN1CCCN(CCc2cccnc2)CC1. The number of nitrogens with zero attached hydrogens (tertiary/aromatic N) is 3. The summed E-state index contributed by atoms with van der Waals surface area (Å²) < 4.78 is 0. The molecule has 0 unspecified atom stereocenters.